The number of para-hydroxylation sites is 1. The van der Waals surface area contributed by atoms with Crippen LogP contribution < -0.4 is 10.2 Å². The quantitative estimate of drug-likeness (QED) is 0.674. The van der Waals surface area contributed by atoms with Gasteiger partial charge in [0.25, 0.3) is 0 Å². The lowest BCUT2D eigenvalue weighted by molar-refractivity contribution is -0.153. The number of guanidine groups is 1. The minimum Gasteiger partial charge on any atom is -0.467 e. The molecule has 0 saturated heterocycles. The number of carbonyl (C=O) groups is 2. The van der Waals surface area contributed by atoms with E-state index in [0.717, 1.165) is 12.1 Å². The molecule has 1 amide bonds. The van der Waals surface area contributed by atoms with E-state index >= 15 is 0 Å². The van der Waals surface area contributed by atoms with Crippen LogP contribution in [0.4, 0.5) is 5.69 Å². The largest absolute Gasteiger partial charge is 0.467 e. The second-order valence-corrected chi connectivity index (χ2v) is 6.16. The molecule has 0 spiro atoms. The molecule has 2 aromatic rings. The maximum atomic E-state index is 12.7. The van der Waals surface area contributed by atoms with Gasteiger partial charge in [-0.15, -0.1) is 0 Å². The van der Waals surface area contributed by atoms with Crippen molar-refractivity contribution in [1.29, 1.82) is 0 Å². The van der Waals surface area contributed by atoms with Gasteiger partial charge < -0.3 is 14.1 Å². The molecule has 2 aliphatic rings. The monoisotopic (exact) mass is 353 g/mol. The van der Waals surface area contributed by atoms with E-state index in [0.29, 0.717) is 18.3 Å². The van der Waals surface area contributed by atoms with Gasteiger partial charge in [0, 0.05) is 12.2 Å². The van der Waals surface area contributed by atoms with Gasteiger partial charge in [0.2, 0.25) is 11.9 Å². The lowest BCUT2D eigenvalue weighted by Gasteiger charge is -2.30. The number of amides is 1. The summed E-state index contributed by atoms with van der Waals surface area (Å²) >= 11 is 0. The fraction of sp³-hybridized carbons (Fsp3) is 0.316. The third kappa shape index (κ3) is 2.75. The second kappa shape index (κ2) is 6.67. The lowest BCUT2D eigenvalue weighted by atomic mass is 9.95. The number of anilines is 1. The van der Waals surface area contributed by atoms with E-state index in [1.165, 1.54) is 11.8 Å². The third-order valence-electron chi connectivity index (χ3n) is 4.61. The number of ether oxygens (including phenoxy) is 1. The Balaban J connectivity index is 1.72. The number of nitrogens with one attached hydrogen (secondary N) is 1. The van der Waals surface area contributed by atoms with Crippen molar-refractivity contribution in [1.82, 2.24) is 5.32 Å². The molecule has 134 valence electrons. The number of rotatable bonds is 3. The smallest absolute Gasteiger partial charge is 0.321 e. The summed E-state index contributed by atoms with van der Waals surface area (Å²) < 4.78 is 10.5. The van der Waals surface area contributed by atoms with Crippen molar-refractivity contribution in [3.8, 4) is 0 Å². The zero-order valence-corrected chi connectivity index (χ0v) is 14.3. The summed E-state index contributed by atoms with van der Waals surface area (Å²) in [5.74, 6) is -1.21. The molecule has 26 heavy (non-hydrogen) atoms. The molecule has 0 radical (unpaired) electrons. The zero-order valence-electron chi connectivity index (χ0n) is 14.3. The van der Waals surface area contributed by atoms with Crippen molar-refractivity contribution in [2.45, 2.75) is 19.4 Å². The average molecular weight is 353 g/mol. The van der Waals surface area contributed by atoms with Crippen LogP contribution in [0.25, 0.3) is 0 Å². The van der Waals surface area contributed by atoms with Crippen LogP contribution in [0.1, 0.15) is 24.3 Å². The first-order valence-electron chi connectivity index (χ1n) is 8.63. The third-order valence-corrected chi connectivity index (χ3v) is 4.61. The molecular formula is C19H19N3O4. The summed E-state index contributed by atoms with van der Waals surface area (Å²) in [5, 5.41) is 2.78. The van der Waals surface area contributed by atoms with Crippen molar-refractivity contribution in [2.75, 3.05) is 18.1 Å². The summed E-state index contributed by atoms with van der Waals surface area (Å²) in [5.41, 5.74) is 2.21. The average Bonchev–Trinajstić information content (AvgIpc) is 3.31. The minimum atomic E-state index is -1.07. The van der Waals surface area contributed by atoms with Crippen LogP contribution in [-0.2, 0) is 20.7 Å². The Morgan fingerprint density at radius 3 is 2.96 bits per heavy atom. The first-order chi connectivity index (χ1) is 12.7. The highest BCUT2D eigenvalue weighted by atomic mass is 16.5. The molecule has 1 aromatic carbocycles. The van der Waals surface area contributed by atoms with E-state index in [4.69, 9.17) is 9.15 Å². The van der Waals surface area contributed by atoms with Crippen LogP contribution in [0.3, 0.4) is 0 Å². The fourth-order valence-electron chi connectivity index (χ4n) is 3.42. The molecular weight excluding hydrogens is 334 g/mol. The Morgan fingerprint density at radius 1 is 1.35 bits per heavy atom. The van der Waals surface area contributed by atoms with Gasteiger partial charge in [-0.3, -0.25) is 14.9 Å². The molecule has 1 aromatic heterocycles. The van der Waals surface area contributed by atoms with Gasteiger partial charge in [0.05, 0.1) is 12.9 Å². The Kier molecular flexibility index (Phi) is 4.20. The highest BCUT2D eigenvalue weighted by Gasteiger charge is 2.43. The van der Waals surface area contributed by atoms with Crippen LogP contribution in [-0.4, -0.2) is 31.0 Å². The summed E-state index contributed by atoms with van der Waals surface area (Å²) in [6, 6.07) is 10.7. The molecule has 2 aliphatic heterocycles. The van der Waals surface area contributed by atoms with Gasteiger partial charge in [-0.25, -0.2) is 4.99 Å². The highest BCUT2D eigenvalue weighted by Crippen LogP contribution is 2.34. The molecule has 0 bridgehead atoms. The van der Waals surface area contributed by atoms with Crippen LogP contribution in [0, 0.1) is 5.92 Å². The maximum Gasteiger partial charge on any atom is 0.321 e. The van der Waals surface area contributed by atoms with Gasteiger partial charge >= 0.3 is 5.97 Å². The zero-order chi connectivity index (χ0) is 18.1. The molecule has 0 aliphatic carbocycles. The molecule has 3 heterocycles. The van der Waals surface area contributed by atoms with E-state index in [2.05, 4.69) is 16.4 Å². The van der Waals surface area contributed by atoms with E-state index < -0.39 is 23.8 Å². The standard InChI is InChI=1S/C19H19N3O4/c1-2-25-18(24)15-16(14-8-5-11-26-14)20-19(21-17(15)23)22-10-9-12-6-3-4-7-13(12)22/h3-8,11,15-16H,2,9-10H2,1H3,(H,20,21,23)/t15-,16-/m1/s1. The Hall–Kier alpha value is -3.09. The minimum absolute atomic E-state index is 0.198. The molecule has 0 fully saturated rings. The van der Waals surface area contributed by atoms with Gasteiger partial charge in [0.1, 0.15) is 11.8 Å². The number of hydrogen-bond donors (Lipinski definition) is 1. The Bertz CT molecular complexity index is 859. The van der Waals surface area contributed by atoms with Crippen LogP contribution >= 0.6 is 0 Å². The maximum absolute atomic E-state index is 12.7. The first kappa shape index (κ1) is 16.4. The van der Waals surface area contributed by atoms with Gasteiger partial charge in [-0.2, -0.15) is 0 Å². The van der Waals surface area contributed by atoms with Gasteiger partial charge in [-0.1, -0.05) is 18.2 Å². The van der Waals surface area contributed by atoms with Crippen molar-refractivity contribution in [3.63, 3.8) is 0 Å². The number of furan rings is 1. The topological polar surface area (TPSA) is 84.1 Å². The number of carbonyl (C=O) groups excluding carboxylic acids is 2. The number of esters is 1. The van der Waals surface area contributed by atoms with E-state index in [9.17, 15) is 9.59 Å². The van der Waals surface area contributed by atoms with E-state index in [-0.39, 0.29) is 6.61 Å². The fourth-order valence-corrected chi connectivity index (χ4v) is 3.42. The summed E-state index contributed by atoms with van der Waals surface area (Å²) in [6.07, 6.45) is 2.38. The van der Waals surface area contributed by atoms with Gasteiger partial charge in [0.15, 0.2) is 5.92 Å². The number of benzene rings is 1. The molecule has 7 nitrogen and oxygen atoms in total. The second-order valence-electron chi connectivity index (χ2n) is 6.16. The SMILES string of the molecule is CCOC(=O)[C@H]1C(=O)NC(N2CCc3ccccc32)=N[C@@H]1c1ccco1. The van der Waals surface area contributed by atoms with Crippen LogP contribution in [0.5, 0.6) is 0 Å². The van der Waals surface area contributed by atoms with Gasteiger partial charge in [-0.05, 0) is 37.1 Å². The molecule has 7 heteroatoms. The van der Waals surface area contributed by atoms with Crippen molar-refractivity contribution in [2.24, 2.45) is 10.9 Å². The Labute approximate surface area is 150 Å². The van der Waals surface area contributed by atoms with E-state index in [1.807, 2.05) is 23.1 Å². The number of hydrogen-bond acceptors (Lipinski definition) is 6. The normalized spacial score (nSPS) is 21.8. The van der Waals surface area contributed by atoms with Crippen molar-refractivity contribution < 1.29 is 18.7 Å². The van der Waals surface area contributed by atoms with Crippen molar-refractivity contribution in [3.05, 3.63) is 54.0 Å². The number of aliphatic imine (C=N–C) groups is 1. The molecule has 0 unspecified atom stereocenters. The molecule has 2 atom stereocenters. The summed E-state index contributed by atoms with van der Waals surface area (Å²) in [4.78, 5) is 31.7. The molecule has 1 N–H and O–H groups in total. The molecule has 4 rings (SSSR count). The number of fused-ring (bicyclic) bond motifs is 1. The Morgan fingerprint density at radius 2 is 2.19 bits per heavy atom. The van der Waals surface area contributed by atoms with Crippen LogP contribution in [0.15, 0.2) is 52.1 Å². The predicted octanol–water partition coefficient (Wildman–Crippen LogP) is 2.05. The first-order valence-corrected chi connectivity index (χ1v) is 8.63. The summed E-state index contributed by atoms with van der Waals surface area (Å²) in [7, 11) is 0. The van der Waals surface area contributed by atoms with Crippen molar-refractivity contribution >= 4 is 23.5 Å². The summed E-state index contributed by atoms with van der Waals surface area (Å²) in [6.45, 7) is 2.62. The van der Waals surface area contributed by atoms with Crippen LogP contribution in [0.2, 0.25) is 0 Å². The highest BCUT2D eigenvalue weighted by molar-refractivity contribution is 6.13. The van der Waals surface area contributed by atoms with E-state index in [1.54, 1.807) is 19.1 Å². The number of nitrogens with zero attached hydrogens (tertiary/aromatic N) is 2. The predicted molar refractivity (Wildman–Crippen MR) is 94.6 cm³/mol. The molecule has 0 saturated carbocycles. The lowest BCUT2D eigenvalue weighted by Crippen LogP contribution is -2.52.